The van der Waals surface area contributed by atoms with Crippen molar-refractivity contribution in [3.05, 3.63) is 40.2 Å². The summed E-state index contributed by atoms with van der Waals surface area (Å²) in [5, 5.41) is 80.0. The Bertz CT molecular complexity index is 1180. The van der Waals surface area contributed by atoms with Gasteiger partial charge in [0.15, 0.2) is 6.29 Å². The highest BCUT2D eigenvalue weighted by Crippen LogP contribution is 2.31. The topological polar surface area (TPSA) is 246 Å². The number of aliphatic hydroxyl groups is 7. The maximum absolute atomic E-state index is 11.9. The molecule has 2 fully saturated rings. The third kappa shape index (κ3) is 5.67. The second-order valence-electron chi connectivity index (χ2n) is 8.94. The van der Waals surface area contributed by atoms with Gasteiger partial charge >= 0.3 is 11.6 Å². The van der Waals surface area contributed by atoms with E-state index in [0.29, 0.717) is 5.39 Å². The summed E-state index contributed by atoms with van der Waals surface area (Å²) in [4.78, 5) is 23.0. The van der Waals surface area contributed by atoms with Gasteiger partial charge in [-0.15, -0.1) is 0 Å². The van der Waals surface area contributed by atoms with E-state index in [0.717, 1.165) is 6.07 Å². The van der Waals surface area contributed by atoms with E-state index < -0.39 is 92.6 Å². The normalized spacial score (nSPS) is 35.8. The molecule has 0 aliphatic carbocycles. The largest absolute Gasteiger partial charge is 0.481 e. The molecule has 0 radical (unpaired) electrons. The van der Waals surface area contributed by atoms with Crippen LogP contribution in [0.4, 0.5) is 0 Å². The Morgan fingerprint density at radius 1 is 0.842 bits per heavy atom. The second kappa shape index (κ2) is 11.6. The molecule has 0 saturated carbocycles. The molecule has 0 spiro atoms. The third-order valence-electron chi connectivity index (χ3n) is 6.36. The molecule has 15 heteroatoms. The summed E-state index contributed by atoms with van der Waals surface area (Å²) in [7, 11) is 0. The molecule has 1 aromatic carbocycles. The fourth-order valence-electron chi connectivity index (χ4n) is 4.38. The standard InChI is InChI=1S/C23H28O15/c24-6-12-16(29)17(30)19(32)23(36-12)38-21-13(7-25)37-22(20(33)18(21)31)34-9-1-2-10-8(3-14(26)27)4-15(28)35-11(10)5-9/h1-2,4-5,12-13,16-25,29-33H,3,6-7H2,(H,26,27)/t12-,13-,16-,17+,18-,19-,20-,21-,22-,23+/m1/s1. The summed E-state index contributed by atoms with van der Waals surface area (Å²) in [6.45, 7) is -1.48. The molecule has 210 valence electrons. The van der Waals surface area contributed by atoms with Crippen molar-refractivity contribution < 1.29 is 69.0 Å². The number of carbonyl (C=O) groups is 1. The first-order chi connectivity index (χ1) is 18.0. The number of ether oxygens (including phenoxy) is 4. The first-order valence-corrected chi connectivity index (χ1v) is 11.6. The van der Waals surface area contributed by atoms with E-state index in [4.69, 9.17) is 28.5 Å². The number of rotatable bonds is 8. The molecule has 0 amide bonds. The van der Waals surface area contributed by atoms with Gasteiger partial charge in [-0.2, -0.15) is 0 Å². The molecular weight excluding hydrogens is 516 g/mol. The lowest BCUT2D eigenvalue weighted by molar-refractivity contribution is -0.352. The van der Waals surface area contributed by atoms with Gasteiger partial charge in [-0.05, 0) is 17.7 Å². The first-order valence-electron chi connectivity index (χ1n) is 11.6. The fraction of sp³-hybridized carbons (Fsp3) is 0.565. The molecular formula is C23H28O15. The Labute approximate surface area is 213 Å². The van der Waals surface area contributed by atoms with Gasteiger partial charge in [0.1, 0.15) is 60.2 Å². The molecule has 0 unspecified atom stereocenters. The molecule has 38 heavy (non-hydrogen) atoms. The van der Waals surface area contributed by atoms with Crippen LogP contribution in [0.2, 0.25) is 0 Å². The second-order valence-corrected chi connectivity index (χ2v) is 8.94. The van der Waals surface area contributed by atoms with Gasteiger partial charge in [0.25, 0.3) is 0 Å². The quantitative estimate of drug-likeness (QED) is 0.150. The monoisotopic (exact) mass is 544 g/mol. The van der Waals surface area contributed by atoms with E-state index in [1.54, 1.807) is 0 Å². The van der Waals surface area contributed by atoms with Crippen LogP contribution in [-0.4, -0.2) is 121 Å². The Morgan fingerprint density at radius 3 is 2.16 bits per heavy atom. The summed E-state index contributed by atoms with van der Waals surface area (Å²) < 4.78 is 27.0. The lowest BCUT2D eigenvalue weighted by Crippen LogP contribution is -2.65. The minimum absolute atomic E-state index is 0.000339. The van der Waals surface area contributed by atoms with Crippen LogP contribution in [-0.2, 0) is 25.4 Å². The van der Waals surface area contributed by atoms with Crippen molar-refractivity contribution in [3.63, 3.8) is 0 Å². The molecule has 8 N–H and O–H groups in total. The van der Waals surface area contributed by atoms with Crippen molar-refractivity contribution in [1.82, 2.24) is 0 Å². The summed E-state index contributed by atoms with van der Waals surface area (Å²) in [5.41, 5.74) is -0.573. The predicted octanol–water partition coefficient (Wildman–Crippen LogP) is -3.58. The molecule has 10 atom stereocenters. The molecule has 4 rings (SSSR count). The maximum Gasteiger partial charge on any atom is 0.336 e. The number of hydrogen-bond donors (Lipinski definition) is 8. The Hall–Kier alpha value is -2.70. The van der Waals surface area contributed by atoms with E-state index in [2.05, 4.69) is 0 Å². The van der Waals surface area contributed by atoms with Crippen LogP contribution in [0.1, 0.15) is 5.56 Å². The van der Waals surface area contributed by atoms with Crippen LogP contribution in [0.15, 0.2) is 33.5 Å². The van der Waals surface area contributed by atoms with Crippen LogP contribution in [0, 0.1) is 0 Å². The summed E-state index contributed by atoms with van der Waals surface area (Å²) in [5.74, 6) is -1.14. The van der Waals surface area contributed by atoms with E-state index >= 15 is 0 Å². The molecule has 2 aromatic rings. The molecule has 0 bridgehead atoms. The van der Waals surface area contributed by atoms with Gasteiger partial charge in [-0.25, -0.2) is 4.79 Å². The number of carboxylic acids is 1. The molecule has 2 saturated heterocycles. The number of aliphatic carboxylic acids is 1. The highest BCUT2D eigenvalue weighted by Gasteiger charge is 2.51. The van der Waals surface area contributed by atoms with Gasteiger partial charge < -0.3 is 64.2 Å². The van der Waals surface area contributed by atoms with Crippen molar-refractivity contribution in [2.24, 2.45) is 0 Å². The van der Waals surface area contributed by atoms with Crippen LogP contribution < -0.4 is 10.4 Å². The zero-order chi connectivity index (χ0) is 27.7. The Morgan fingerprint density at radius 2 is 1.50 bits per heavy atom. The summed E-state index contributed by atoms with van der Waals surface area (Å²) in [6, 6.07) is 5.14. The van der Waals surface area contributed by atoms with Crippen LogP contribution >= 0.6 is 0 Å². The van der Waals surface area contributed by atoms with Crippen molar-refractivity contribution >= 4 is 16.9 Å². The average molecular weight is 544 g/mol. The summed E-state index contributed by atoms with van der Waals surface area (Å²) >= 11 is 0. The predicted molar refractivity (Wildman–Crippen MR) is 121 cm³/mol. The van der Waals surface area contributed by atoms with E-state index in [1.165, 1.54) is 18.2 Å². The maximum atomic E-state index is 11.9. The zero-order valence-electron chi connectivity index (χ0n) is 19.6. The summed E-state index contributed by atoms with van der Waals surface area (Å²) in [6.07, 6.45) is -16.6. The highest BCUT2D eigenvalue weighted by molar-refractivity contribution is 5.85. The molecule has 2 aliphatic heterocycles. The number of carboxylic acid groups (broad SMARTS) is 1. The molecule has 15 nitrogen and oxygen atoms in total. The van der Waals surface area contributed by atoms with Gasteiger partial charge in [0, 0.05) is 17.5 Å². The van der Waals surface area contributed by atoms with Crippen LogP contribution in [0.3, 0.4) is 0 Å². The first kappa shape index (κ1) is 28.3. The SMILES string of the molecule is O=C(O)Cc1cc(=O)oc2cc(O[C@@H]3O[C@H](CO)[C@@H](O[C@@H]4O[C@H](CO)[C@@H](O)[C@H](O)[C@H]4O)[C@H](O)[C@H]3O)ccc12. The van der Waals surface area contributed by atoms with Crippen molar-refractivity contribution in [2.45, 2.75) is 67.8 Å². The smallest absolute Gasteiger partial charge is 0.336 e. The Kier molecular flexibility index (Phi) is 8.63. The fourth-order valence-corrected chi connectivity index (χ4v) is 4.38. The van der Waals surface area contributed by atoms with Crippen LogP contribution in [0.25, 0.3) is 11.0 Å². The number of fused-ring (bicyclic) bond motifs is 1. The molecule has 1 aromatic heterocycles. The molecule has 3 heterocycles. The number of aliphatic hydroxyl groups excluding tert-OH is 7. The average Bonchev–Trinajstić information content (AvgIpc) is 2.87. The van der Waals surface area contributed by atoms with Crippen LogP contribution in [0.5, 0.6) is 5.75 Å². The van der Waals surface area contributed by atoms with Gasteiger partial charge in [0.2, 0.25) is 6.29 Å². The van der Waals surface area contributed by atoms with Gasteiger partial charge in [-0.3, -0.25) is 4.79 Å². The van der Waals surface area contributed by atoms with Gasteiger partial charge in [-0.1, -0.05) is 0 Å². The lowest BCUT2D eigenvalue weighted by Gasteiger charge is -2.45. The van der Waals surface area contributed by atoms with E-state index in [-0.39, 0.29) is 16.9 Å². The van der Waals surface area contributed by atoms with Gasteiger partial charge in [0.05, 0.1) is 19.6 Å². The number of benzene rings is 1. The van der Waals surface area contributed by atoms with E-state index in [9.17, 15) is 45.3 Å². The Balaban J connectivity index is 1.51. The van der Waals surface area contributed by atoms with E-state index in [1.807, 2.05) is 0 Å². The third-order valence-corrected chi connectivity index (χ3v) is 6.36. The molecule has 2 aliphatic rings. The van der Waals surface area contributed by atoms with Crippen molar-refractivity contribution in [3.8, 4) is 5.75 Å². The van der Waals surface area contributed by atoms with Crippen molar-refractivity contribution in [2.75, 3.05) is 13.2 Å². The minimum atomic E-state index is -1.80. The highest BCUT2D eigenvalue weighted by atomic mass is 16.7. The van der Waals surface area contributed by atoms with Crippen molar-refractivity contribution in [1.29, 1.82) is 0 Å². The number of hydrogen-bond acceptors (Lipinski definition) is 14. The minimum Gasteiger partial charge on any atom is -0.481 e. The lowest BCUT2D eigenvalue weighted by atomic mass is 9.97. The zero-order valence-corrected chi connectivity index (χ0v) is 19.6.